The highest BCUT2D eigenvalue weighted by Gasteiger charge is 2.11. The molecular formula is C23H20ClN3O4. The van der Waals surface area contributed by atoms with Gasteiger partial charge in [0.2, 0.25) is 0 Å². The van der Waals surface area contributed by atoms with Crippen molar-refractivity contribution in [2.24, 2.45) is 0 Å². The summed E-state index contributed by atoms with van der Waals surface area (Å²) in [6.07, 6.45) is 2.32. The lowest BCUT2D eigenvalue weighted by molar-refractivity contribution is -0.118. The minimum absolute atomic E-state index is 0.208. The van der Waals surface area contributed by atoms with E-state index in [2.05, 4.69) is 10.4 Å². The number of benzene rings is 2. The highest BCUT2D eigenvalue weighted by atomic mass is 35.5. The van der Waals surface area contributed by atoms with Crippen LogP contribution in [0.2, 0.25) is 5.02 Å². The zero-order chi connectivity index (χ0) is 21.8. The fourth-order valence-electron chi connectivity index (χ4n) is 3.27. The summed E-state index contributed by atoms with van der Waals surface area (Å²) in [6.45, 7) is 2.19. The number of amides is 1. The maximum atomic E-state index is 12.4. The molecule has 31 heavy (non-hydrogen) atoms. The van der Waals surface area contributed by atoms with Crippen molar-refractivity contribution in [1.29, 1.82) is 0 Å². The first kappa shape index (κ1) is 20.7. The summed E-state index contributed by atoms with van der Waals surface area (Å²) < 4.78 is 12.5. The Balaban J connectivity index is 1.42. The van der Waals surface area contributed by atoms with Crippen LogP contribution in [0.5, 0.6) is 5.75 Å². The van der Waals surface area contributed by atoms with E-state index in [1.165, 1.54) is 6.07 Å². The second kappa shape index (κ2) is 9.06. The maximum absolute atomic E-state index is 12.4. The summed E-state index contributed by atoms with van der Waals surface area (Å²) >= 11 is 6.21. The first-order chi connectivity index (χ1) is 15.0. The lowest BCUT2D eigenvalue weighted by Crippen LogP contribution is -2.22. The van der Waals surface area contributed by atoms with Crippen LogP contribution < -0.4 is 15.7 Å². The van der Waals surface area contributed by atoms with Crippen molar-refractivity contribution in [2.45, 2.75) is 19.9 Å². The molecule has 0 fully saturated rings. The molecule has 2 aromatic carbocycles. The normalized spacial score (nSPS) is 10.9. The van der Waals surface area contributed by atoms with Crippen LogP contribution in [0.1, 0.15) is 18.1 Å². The molecule has 1 N–H and O–H groups in total. The van der Waals surface area contributed by atoms with Crippen molar-refractivity contribution >= 4 is 34.3 Å². The molecule has 0 saturated carbocycles. The standard InChI is InChI=1S/C23H20ClN3O4/c1-2-15-11-23(29)31-20-12-17(7-8-18(15)20)30-14-22(28)26-21-9-10-25-27(21)13-16-5-3-4-6-19(16)24/h3-12H,2,13-14H2,1H3,(H,26,28). The number of aryl methyl sites for hydroxylation is 1. The number of nitrogens with one attached hydrogen (secondary N) is 1. The van der Waals surface area contributed by atoms with E-state index < -0.39 is 5.63 Å². The van der Waals surface area contributed by atoms with Gasteiger partial charge in [-0.3, -0.25) is 4.79 Å². The predicted octanol–water partition coefficient (Wildman–Crippen LogP) is 4.27. The van der Waals surface area contributed by atoms with E-state index in [-0.39, 0.29) is 12.5 Å². The summed E-state index contributed by atoms with van der Waals surface area (Å²) in [4.78, 5) is 24.1. The number of nitrogens with zero attached hydrogens (tertiary/aromatic N) is 2. The molecule has 2 aromatic heterocycles. The van der Waals surface area contributed by atoms with E-state index in [0.717, 1.165) is 16.5 Å². The van der Waals surface area contributed by atoms with E-state index in [9.17, 15) is 9.59 Å². The Hall–Kier alpha value is -3.58. The van der Waals surface area contributed by atoms with Crippen LogP contribution in [0.4, 0.5) is 5.82 Å². The first-order valence-electron chi connectivity index (χ1n) is 9.78. The Morgan fingerprint density at radius 1 is 1.16 bits per heavy atom. The Labute approximate surface area is 183 Å². The van der Waals surface area contributed by atoms with Gasteiger partial charge < -0.3 is 14.5 Å². The van der Waals surface area contributed by atoms with Gasteiger partial charge in [0.25, 0.3) is 5.91 Å². The number of hydrogen-bond donors (Lipinski definition) is 1. The molecule has 0 unspecified atom stereocenters. The highest BCUT2D eigenvalue weighted by Crippen LogP contribution is 2.23. The van der Waals surface area contributed by atoms with Crippen molar-refractivity contribution in [3.63, 3.8) is 0 Å². The van der Waals surface area contributed by atoms with E-state index in [1.54, 1.807) is 29.1 Å². The second-order valence-electron chi connectivity index (χ2n) is 6.90. The van der Waals surface area contributed by atoms with E-state index >= 15 is 0 Å². The van der Waals surface area contributed by atoms with Crippen molar-refractivity contribution < 1.29 is 13.9 Å². The monoisotopic (exact) mass is 437 g/mol. The summed E-state index contributed by atoms with van der Waals surface area (Å²) in [5, 5.41) is 8.51. The van der Waals surface area contributed by atoms with Gasteiger partial charge in [-0.1, -0.05) is 36.7 Å². The highest BCUT2D eigenvalue weighted by molar-refractivity contribution is 6.31. The van der Waals surface area contributed by atoms with Crippen LogP contribution in [0.25, 0.3) is 11.0 Å². The minimum Gasteiger partial charge on any atom is -0.484 e. The Kier molecular flexibility index (Phi) is 6.04. The molecule has 0 aliphatic rings. The lowest BCUT2D eigenvalue weighted by atomic mass is 10.1. The Morgan fingerprint density at radius 3 is 2.81 bits per heavy atom. The molecular weight excluding hydrogens is 418 g/mol. The quantitative estimate of drug-likeness (QED) is 0.436. The largest absolute Gasteiger partial charge is 0.484 e. The summed E-state index contributed by atoms with van der Waals surface area (Å²) in [5.74, 6) is 0.624. The molecule has 0 atom stereocenters. The van der Waals surface area contributed by atoms with Gasteiger partial charge in [0.1, 0.15) is 17.2 Å². The topological polar surface area (TPSA) is 86.4 Å². The lowest BCUT2D eigenvalue weighted by Gasteiger charge is -2.11. The van der Waals surface area contributed by atoms with E-state index in [1.807, 2.05) is 37.3 Å². The molecule has 0 radical (unpaired) electrons. The van der Waals surface area contributed by atoms with Crippen LogP contribution in [0.15, 0.2) is 70.0 Å². The third-order valence-corrected chi connectivity index (χ3v) is 5.18. The molecule has 0 saturated heterocycles. The Morgan fingerprint density at radius 2 is 2.00 bits per heavy atom. The average Bonchev–Trinajstić information content (AvgIpc) is 3.19. The number of rotatable bonds is 7. The van der Waals surface area contributed by atoms with Gasteiger partial charge in [0.05, 0.1) is 12.7 Å². The number of fused-ring (bicyclic) bond motifs is 1. The molecule has 0 aliphatic heterocycles. The number of ether oxygens (including phenoxy) is 1. The van der Waals surface area contributed by atoms with Crippen molar-refractivity contribution in [1.82, 2.24) is 9.78 Å². The fraction of sp³-hybridized carbons (Fsp3) is 0.174. The van der Waals surface area contributed by atoms with E-state index in [4.69, 9.17) is 20.8 Å². The Bertz CT molecular complexity index is 1300. The number of carbonyl (C=O) groups is 1. The fourth-order valence-corrected chi connectivity index (χ4v) is 3.47. The van der Waals surface area contributed by atoms with Crippen LogP contribution in [-0.2, 0) is 17.8 Å². The molecule has 0 aliphatic carbocycles. The SMILES string of the molecule is CCc1cc(=O)oc2cc(OCC(=O)Nc3ccnn3Cc3ccccc3Cl)ccc12. The molecule has 8 heteroatoms. The molecule has 2 heterocycles. The second-order valence-corrected chi connectivity index (χ2v) is 7.31. The zero-order valence-electron chi connectivity index (χ0n) is 16.8. The smallest absolute Gasteiger partial charge is 0.336 e. The predicted molar refractivity (Wildman–Crippen MR) is 119 cm³/mol. The third kappa shape index (κ3) is 4.78. The number of halogens is 1. The molecule has 1 amide bonds. The average molecular weight is 438 g/mol. The van der Waals surface area contributed by atoms with E-state index in [0.29, 0.717) is 35.1 Å². The van der Waals surface area contributed by atoms with Gasteiger partial charge in [-0.2, -0.15) is 5.10 Å². The molecule has 7 nitrogen and oxygen atoms in total. The zero-order valence-corrected chi connectivity index (χ0v) is 17.6. The molecule has 0 spiro atoms. The molecule has 158 valence electrons. The number of carbonyl (C=O) groups excluding carboxylic acids is 1. The number of anilines is 1. The first-order valence-corrected chi connectivity index (χ1v) is 10.2. The van der Waals surface area contributed by atoms with Crippen LogP contribution in [0.3, 0.4) is 0 Å². The van der Waals surface area contributed by atoms with Gasteiger partial charge in [-0.05, 0) is 35.7 Å². The van der Waals surface area contributed by atoms with Gasteiger partial charge in [-0.25, -0.2) is 9.48 Å². The van der Waals surface area contributed by atoms with Gasteiger partial charge in [-0.15, -0.1) is 0 Å². The summed E-state index contributed by atoms with van der Waals surface area (Å²) in [7, 11) is 0. The third-order valence-electron chi connectivity index (χ3n) is 4.81. The molecule has 4 rings (SSSR count). The molecule has 0 bridgehead atoms. The van der Waals surface area contributed by atoms with Gasteiger partial charge in [0.15, 0.2) is 6.61 Å². The number of hydrogen-bond acceptors (Lipinski definition) is 5. The summed E-state index contributed by atoms with van der Waals surface area (Å²) in [6, 6.07) is 15.8. The van der Waals surface area contributed by atoms with Gasteiger partial charge >= 0.3 is 5.63 Å². The van der Waals surface area contributed by atoms with Crippen LogP contribution in [0, 0.1) is 0 Å². The minimum atomic E-state index is -0.411. The van der Waals surface area contributed by atoms with Crippen molar-refractivity contribution in [3.05, 3.63) is 87.4 Å². The van der Waals surface area contributed by atoms with Crippen LogP contribution in [-0.4, -0.2) is 22.3 Å². The van der Waals surface area contributed by atoms with Gasteiger partial charge in [0, 0.05) is 28.6 Å². The van der Waals surface area contributed by atoms with Crippen LogP contribution >= 0.6 is 11.6 Å². The summed E-state index contributed by atoms with van der Waals surface area (Å²) in [5.41, 5.74) is 1.82. The number of aromatic nitrogens is 2. The maximum Gasteiger partial charge on any atom is 0.336 e. The van der Waals surface area contributed by atoms with Crippen molar-refractivity contribution in [3.8, 4) is 5.75 Å². The van der Waals surface area contributed by atoms with Crippen molar-refractivity contribution in [2.75, 3.05) is 11.9 Å². The molecule has 4 aromatic rings.